The predicted molar refractivity (Wildman–Crippen MR) is 75.2 cm³/mol. The standard InChI is InChI=1S/C16H21FN2/c1-2-4-13-7-9-16(12-18,10-8-13)19-15-6-3-5-14(17)11-15/h3,5-6,11,13,19H,2,4,7-10H2,1H3. The molecule has 0 unspecified atom stereocenters. The van der Waals surface area contributed by atoms with Crippen LogP contribution in [0.5, 0.6) is 0 Å². The van der Waals surface area contributed by atoms with Gasteiger partial charge in [0.15, 0.2) is 0 Å². The predicted octanol–water partition coefficient (Wildman–Crippen LogP) is 4.49. The van der Waals surface area contributed by atoms with E-state index >= 15 is 0 Å². The lowest BCUT2D eigenvalue weighted by atomic mass is 9.75. The van der Waals surface area contributed by atoms with Crippen LogP contribution >= 0.6 is 0 Å². The van der Waals surface area contributed by atoms with Gasteiger partial charge in [-0.05, 0) is 49.8 Å². The number of anilines is 1. The minimum Gasteiger partial charge on any atom is -0.367 e. The first-order valence-corrected chi connectivity index (χ1v) is 7.12. The fraction of sp³-hybridized carbons (Fsp3) is 0.562. The van der Waals surface area contributed by atoms with Gasteiger partial charge in [-0.2, -0.15) is 5.26 Å². The summed E-state index contributed by atoms with van der Waals surface area (Å²) in [6.45, 7) is 2.21. The van der Waals surface area contributed by atoms with Gasteiger partial charge in [-0.1, -0.05) is 25.8 Å². The van der Waals surface area contributed by atoms with E-state index in [0.717, 1.165) is 31.6 Å². The molecule has 1 aliphatic carbocycles. The van der Waals surface area contributed by atoms with E-state index in [9.17, 15) is 9.65 Å². The van der Waals surface area contributed by atoms with E-state index in [1.165, 1.54) is 25.0 Å². The average molecular weight is 260 g/mol. The van der Waals surface area contributed by atoms with Gasteiger partial charge >= 0.3 is 0 Å². The number of halogens is 1. The topological polar surface area (TPSA) is 35.8 Å². The van der Waals surface area contributed by atoms with E-state index in [1.54, 1.807) is 6.07 Å². The minimum atomic E-state index is -0.516. The Morgan fingerprint density at radius 2 is 2.16 bits per heavy atom. The Morgan fingerprint density at radius 3 is 2.74 bits per heavy atom. The molecule has 0 bridgehead atoms. The highest BCUT2D eigenvalue weighted by atomic mass is 19.1. The van der Waals surface area contributed by atoms with Crippen LogP contribution in [0.25, 0.3) is 0 Å². The van der Waals surface area contributed by atoms with E-state index in [2.05, 4.69) is 18.3 Å². The van der Waals surface area contributed by atoms with Crippen molar-refractivity contribution in [2.45, 2.75) is 51.0 Å². The molecular weight excluding hydrogens is 239 g/mol. The SMILES string of the molecule is CCCC1CCC(C#N)(Nc2cccc(F)c2)CC1. The number of rotatable bonds is 4. The van der Waals surface area contributed by atoms with Crippen LogP contribution in [0.3, 0.4) is 0 Å². The quantitative estimate of drug-likeness (QED) is 0.865. The van der Waals surface area contributed by atoms with Gasteiger partial charge in [0.1, 0.15) is 11.4 Å². The molecule has 0 aromatic heterocycles. The molecule has 1 aromatic rings. The van der Waals surface area contributed by atoms with Gasteiger partial charge in [-0.15, -0.1) is 0 Å². The lowest BCUT2D eigenvalue weighted by molar-refractivity contribution is 0.282. The molecule has 0 radical (unpaired) electrons. The maximum atomic E-state index is 13.2. The van der Waals surface area contributed by atoms with Gasteiger partial charge in [-0.3, -0.25) is 0 Å². The number of nitrogens with zero attached hydrogens (tertiary/aromatic N) is 1. The van der Waals surface area contributed by atoms with Crippen LogP contribution in [-0.2, 0) is 0 Å². The Labute approximate surface area is 114 Å². The van der Waals surface area contributed by atoms with Crippen molar-refractivity contribution in [2.24, 2.45) is 5.92 Å². The van der Waals surface area contributed by atoms with Gasteiger partial charge in [-0.25, -0.2) is 4.39 Å². The molecule has 1 aliphatic rings. The molecule has 0 saturated heterocycles. The van der Waals surface area contributed by atoms with Crippen molar-refractivity contribution >= 4 is 5.69 Å². The van der Waals surface area contributed by atoms with Crippen molar-refractivity contribution in [1.29, 1.82) is 5.26 Å². The molecule has 19 heavy (non-hydrogen) atoms. The summed E-state index contributed by atoms with van der Waals surface area (Å²) >= 11 is 0. The number of nitrogens with one attached hydrogen (secondary N) is 1. The van der Waals surface area contributed by atoms with Crippen LogP contribution in [-0.4, -0.2) is 5.54 Å². The summed E-state index contributed by atoms with van der Waals surface area (Å²) in [5.74, 6) is 0.485. The summed E-state index contributed by atoms with van der Waals surface area (Å²) in [4.78, 5) is 0. The molecule has 0 amide bonds. The Bertz CT molecular complexity index is 456. The summed E-state index contributed by atoms with van der Waals surface area (Å²) in [5, 5.41) is 12.7. The maximum Gasteiger partial charge on any atom is 0.125 e. The number of hydrogen-bond donors (Lipinski definition) is 1. The van der Waals surface area contributed by atoms with Crippen molar-refractivity contribution in [3.8, 4) is 6.07 Å². The smallest absolute Gasteiger partial charge is 0.125 e. The van der Waals surface area contributed by atoms with Gasteiger partial charge in [0.2, 0.25) is 0 Å². The minimum absolute atomic E-state index is 0.266. The zero-order valence-corrected chi connectivity index (χ0v) is 11.5. The normalized spacial score (nSPS) is 26.7. The molecule has 2 nitrogen and oxygen atoms in total. The summed E-state index contributed by atoms with van der Waals surface area (Å²) < 4.78 is 13.2. The van der Waals surface area contributed by atoms with Crippen molar-refractivity contribution < 1.29 is 4.39 Å². The largest absolute Gasteiger partial charge is 0.367 e. The second-order valence-corrected chi connectivity index (χ2v) is 5.56. The molecule has 0 atom stereocenters. The maximum absolute atomic E-state index is 13.2. The third kappa shape index (κ3) is 3.47. The molecule has 1 aromatic carbocycles. The molecule has 0 heterocycles. The molecule has 3 heteroatoms. The van der Waals surface area contributed by atoms with Crippen LogP contribution in [0, 0.1) is 23.1 Å². The van der Waals surface area contributed by atoms with Gasteiger partial charge in [0, 0.05) is 5.69 Å². The third-order valence-electron chi connectivity index (χ3n) is 4.08. The molecule has 2 rings (SSSR count). The summed E-state index contributed by atoms with van der Waals surface area (Å²) in [6.07, 6.45) is 6.34. The Morgan fingerprint density at radius 1 is 1.42 bits per heavy atom. The average Bonchev–Trinajstić information content (AvgIpc) is 2.42. The lowest BCUT2D eigenvalue weighted by Gasteiger charge is -2.36. The highest BCUT2D eigenvalue weighted by molar-refractivity contribution is 5.48. The highest BCUT2D eigenvalue weighted by Gasteiger charge is 2.35. The fourth-order valence-corrected chi connectivity index (χ4v) is 2.97. The monoisotopic (exact) mass is 260 g/mol. The Hall–Kier alpha value is -1.56. The number of hydrogen-bond acceptors (Lipinski definition) is 2. The zero-order valence-electron chi connectivity index (χ0n) is 11.5. The van der Waals surface area contributed by atoms with E-state index in [1.807, 2.05) is 6.07 Å². The van der Waals surface area contributed by atoms with Gasteiger partial charge in [0.05, 0.1) is 6.07 Å². The highest BCUT2D eigenvalue weighted by Crippen LogP contribution is 2.36. The second-order valence-electron chi connectivity index (χ2n) is 5.56. The molecule has 1 saturated carbocycles. The first-order chi connectivity index (χ1) is 9.17. The van der Waals surface area contributed by atoms with Crippen LogP contribution in [0.15, 0.2) is 24.3 Å². The summed E-state index contributed by atoms with van der Waals surface area (Å²) in [6, 6.07) is 8.78. The van der Waals surface area contributed by atoms with E-state index in [-0.39, 0.29) is 5.82 Å². The molecule has 1 N–H and O–H groups in total. The van der Waals surface area contributed by atoms with Crippen molar-refractivity contribution in [3.63, 3.8) is 0 Å². The molecule has 0 spiro atoms. The van der Waals surface area contributed by atoms with E-state index in [0.29, 0.717) is 5.69 Å². The fourth-order valence-electron chi connectivity index (χ4n) is 2.97. The Kier molecular flexibility index (Phi) is 4.42. The number of nitriles is 1. The van der Waals surface area contributed by atoms with Crippen molar-refractivity contribution in [1.82, 2.24) is 0 Å². The Balaban J connectivity index is 2.03. The van der Waals surface area contributed by atoms with E-state index < -0.39 is 5.54 Å². The first kappa shape index (κ1) is 13.9. The second kappa shape index (κ2) is 6.06. The van der Waals surface area contributed by atoms with Crippen LogP contribution in [0.1, 0.15) is 45.4 Å². The molecular formula is C16H21FN2. The van der Waals surface area contributed by atoms with Gasteiger partial charge < -0.3 is 5.32 Å². The van der Waals surface area contributed by atoms with Crippen molar-refractivity contribution in [2.75, 3.05) is 5.32 Å². The summed E-state index contributed by atoms with van der Waals surface area (Å²) in [7, 11) is 0. The third-order valence-corrected chi connectivity index (χ3v) is 4.08. The van der Waals surface area contributed by atoms with Crippen LogP contribution in [0.4, 0.5) is 10.1 Å². The molecule has 0 aliphatic heterocycles. The van der Waals surface area contributed by atoms with Gasteiger partial charge in [0.25, 0.3) is 0 Å². The zero-order chi connectivity index (χ0) is 13.7. The van der Waals surface area contributed by atoms with E-state index in [4.69, 9.17) is 0 Å². The van der Waals surface area contributed by atoms with Crippen molar-refractivity contribution in [3.05, 3.63) is 30.1 Å². The first-order valence-electron chi connectivity index (χ1n) is 7.12. The molecule has 102 valence electrons. The van der Waals surface area contributed by atoms with Crippen LogP contribution in [0.2, 0.25) is 0 Å². The summed E-state index contributed by atoms with van der Waals surface area (Å²) in [5.41, 5.74) is 0.188. The molecule has 1 fully saturated rings. The van der Waals surface area contributed by atoms with Crippen LogP contribution < -0.4 is 5.32 Å². The lowest BCUT2D eigenvalue weighted by Crippen LogP contribution is -2.40. The number of benzene rings is 1.